The maximum Gasteiger partial charge on any atom is 0.256 e. The summed E-state index contributed by atoms with van der Waals surface area (Å²) in [5, 5.41) is 4.83. The summed E-state index contributed by atoms with van der Waals surface area (Å²) in [5.41, 5.74) is 4.69. The summed E-state index contributed by atoms with van der Waals surface area (Å²) in [6.45, 7) is 0. The highest BCUT2D eigenvalue weighted by Crippen LogP contribution is 2.40. The third-order valence-corrected chi connectivity index (χ3v) is 4.97. The molecule has 3 aromatic rings. The molecule has 0 unspecified atom stereocenters. The number of carbonyl (C=O) groups is 1. The maximum absolute atomic E-state index is 12.4. The minimum absolute atomic E-state index is 0.183. The van der Waals surface area contributed by atoms with Gasteiger partial charge in [-0.3, -0.25) is 4.79 Å². The van der Waals surface area contributed by atoms with E-state index in [1.807, 2.05) is 49.3 Å². The van der Waals surface area contributed by atoms with Crippen LogP contribution >= 0.6 is 23.2 Å². The van der Waals surface area contributed by atoms with Crippen molar-refractivity contribution in [1.82, 2.24) is 4.98 Å². The second-order valence-electron chi connectivity index (χ2n) is 6.15. The fourth-order valence-electron chi connectivity index (χ4n) is 3.07. The van der Waals surface area contributed by atoms with E-state index in [0.717, 1.165) is 22.2 Å². The molecular weight excluding hydrogens is 357 g/mol. The van der Waals surface area contributed by atoms with Crippen LogP contribution in [-0.4, -0.2) is 25.0 Å². The Morgan fingerprint density at radius 1 is 1.12 bits per heavy atom. The highest BCUT2D eigenvalue weighted by atomic mass is 35.5. The largest absolute Gasteiger partial charge is 0.378 e. The topological polar surface area (TPSA) is 48.1 Å². The Kier molecular flexibility index (Phi) is 3.74. The Morgan fingerprint density at radius 3 is 2.68 bits per heavy atom. The van der Waals surface area contributed by atoms with Crippen LogP contribution < -0.4 is 10.2 Å². The highest BCUT2D eigenvalue weighted by Gasteiger charge is 2.27. The number of amides is 1. The first-order valence-corrected chi connectivity index (χ1v) is 8.52. The lowest BCUT2D eigenvalue weighted by Gasteiger charge is -2.12. The van der Waals surface area contributed by atoms with E-state index in [4.69, 9.17) is 23.2 Å². The molecule has 0 saturated heterocycles. The number of benzene rings is 2. The van der Waals surface area contributed by atoms with Crippen molar-refractivity contribution in [3.05, 3.63) is 57.7 Å². The summed E-state index contributed by atoms with van der Waals surface area (Å²) in [6, 6.07) is 11.5. The molecule has 2 heterocycles. The molecule has 2 N–H and O–H groups in total. The van der Waals surface area contributed by atoms with Gasteiger partial charge in [0.1, 0.15) is 5.15 Å². The SMILES string of the molecule is CN(C)c1ccc2[nH]c(Cl)c(/C=C3/C(=O)Nc4cccc(Cl)c43)c2c1. The predicted molar refractivity (Wildman–Crippen MR) is 106 cm³/mol. The van der Waals surface area contributed by atoms with Crippen LogP contribution in [0.3, 0.4) is 0 Å². The summed E-state index contributed by atoms with van der Waals surface area (Å²) in [5.74, 6) is -0.183. The van der Waals surface area contributed by atoms with Crippen molar-refractivity contribution >= 4 is 63.0 Å². The molecule has 126 valence electrons. The molecule has 6 heteroatoms. The number of nitrogens with zero attached hydrogens (tertiary/aromatic N) is 1. The highest BCUT2D eigenvalue weighted by molar-refractivity contribution is 6.42. The van der Waals surface area contributed by atoms with E-state index >= 15 is 0 Å². The molecule has 0 atom stereocenters. The fourth-order valence-corrected chi connectivity index (χ4v) is 3.61. The third-order valence-electron chi connectivity index (χ3n) is 4.36. The summed E-state index contributed by atoms with van der Waals surface area (Å²) >= 11 is 12.7. The Balaban J connectivity index is 1.94. The third kappa shape index (κ3) is 2.58. The zero-order chi connectivity index (χ0) is 17.7. The van der Waals surface area contributed by atoms with Crippen LogP contribution in [0.15, 0.2) is 36.4 Å². The molecule has 0 spiro atoms. The van der Waals surface area contributed by atoms with Crippen molar-refractivity contribution < 1.29 is 4.79 Å². The number of aromatic amines is 1. The Labute approximate surface area is 155 Å². The van der Waals surface area contributed by atoms with Crippen LogP contribution in [-0.2, 0) is 4.79 Å². The lowest BCUT2D eigenvalue weighted by atomic mass is 10.0. The van der Waals surface area contributed by atoms with Gasteiger partial charge >= 0.3 is 0 Å². The molecule has 0 bridgehead atoms. The summed E-state index contributed by atoms with van der Waals surface area (Å²) < 4.78 is 0. The molecule has 0 saturated carbocycles. The molecule has 1 aliphatic heterocycles. The van der Waals surface area contributed by atoms with Crippen LogP contribution in [0.1, 0.15) is 11.1 Å². The van der Waals surface area contributed by atoms with Crippen LogP contribution in [0.2, 0.25) is 10.2 Å². The average molecular weight is 372 g/mol. The van der Waals surface area contributed by atoms with Crippen molar-refractivity contribution in [3.8, 4) is 0 Å². The van der Waals surface area contributed by atoms with E-state index in [2.05, 4.69) is 10.3 Å². The second kappa shape index (κ2) is 5.83. The molecule has 0 aliphatic carbocycles. The first-order chi connectivity index (χ1) is 12.0. The van der Waals surface area contributed by atoms with Crippen molar-refractivity contribution in [3.63, 3.8) is 0 Å². The van der Waals surface area contributed by atoms with E-state index < -0.39 is 0 Å². The Hall–Kier alpha value is -2.43. The van der Waals surface area contributed by atoms with Crippen LogP contribution in [0.25, 0.3) is 22.6 Å². The number of anilines is 2. The van der Waals surface area contributed by atoms with E-state index in [1.165, 1.54) is 0 Å². The van der Waals surface area contributed by atoms with Crippen LogP contribution in [0.5, 0.6) is 0 Å². The molecule has 1 aromatic heterocycles. The zero-order valence-electron chi connectivity index (χ0n) is 13.7. The van der Waals surface area contributed by atoms with Gasteiger partial charge in [-0.2, -0.15) is 0 Å². The molecule has 1 amide bonds. The number of rotatable bonds is 2. The standard InChI is InChI=1S/C19H15Cl2N3O/c1-24(2)10-6-7-15-11(8-10)12(18(21)22-15)9-13-17-14(20)4-3-5-16(17)23-19(13)25/h3-9,22H,1-2H3,(H,23,25)/b13-9+. The van der Waals surface area contributed by atoms with E-state index in [0.29, 0.717) is 27.0 Å². The zero-order valence-corrected chi connectivity index (χ0v) is 15.2. The summed E-state index contributed by atoms with van der Waals surface area (Å²) in [6.07, 6.45) is 1.80. The van der Waals surface area contributed by atoms with Crippen LogP contribution in [0.4, 0.5) is 11.4 Å². The normalized spacial score (nSPS) is 14.9. The lowest BCUT2D eigenvalue weighted by Crippen LogP contribution is -2.08. The molecule has 4 nitrogen and oxygen atoms in total. The van der Waals surface area contributed by atoms with Gasteiger partial charge in [0.2, 0.25) is 0 Å². The van der Waals surface area contributed by atoms with Gasteiger partial charge in [0.05, 0.1) is 16.3 Å². The van der Waals surface area contributed by atoms with Gasteiger partial charge in [-0.1, -0.05) is 29.3 Å². The van der Waals surface area contributed by atoms with Gasteiger partial charge in [-0.05, 0) is 36.4 Å². The van der Waals surface area contributed by atoms with Gasteiger partial charge in [0.25, 0.3) is 5.91 Å². The number of hydrogen-bond donors (Lipinski definition) is 2. The molecular formula is C19H15Cl2N3O. The summed E-state index contributed by atoms with van der Waals surface area (Å²) in [4.78, 5) is 17.6. The van der Waals surface area contributed by atoms with Crippen molar-refractivity contribution in [2.45, 2.75) is 0 Å². The lowest BCUT2D eigenvalue weighted by molar-refractivity contribution is -0.110. The maximum atomic E-state index is 12.4. The fraction of sp³-hybridized carbons (Fsp3) is 0.105. The van der Waals surface area contributed by atoms with E-state index in [-0.39, 0.29) is 5.91 Å². The number of carbonyl (C=O) groups excluding carboxylic acids is 1. The molecule has 25 heavy (non-hydrogen) atoms. The van der Waals surface area contributed by atoms with E-state index in [1.54, 1.807) is 12.1 Å². The predicted octanol–water partition coefficient (Wildman–Crippen LogP) is 5.03. The number of nitrogens with one attached hydrogen (secondary N) is 2. The van der Waals surface area contributed by atoms with Gasteiger partial charge in [-0.25, -0.2) is 0 Å². The van der Waals surface area contributed by atoms with Gasteiger partial charge in [0, 0.05) is 41.8 Å². The Bertz CT molecular complexity index is 1050. The molecule has 1 aliphatic rings. The quantitative estimate of drug-likeness (QED) is 0.620. The molecule has 2 aromatic carbocycles. The number of H-pyrrole nitrogens is 1. The Morgan fingerprint density at radius 2 is 1.92 bits per heavy atom. The number of aromatic nitrogens is 1. The summed E-state index contributed by atoms with van der Waals surface area (Å²) in [7, 11) is 3.96. The second-order valence-corrected chi connectivity index (χ2v) is 6.94. The van der Waals surface area contributed by atoms with Crippen molar-refractivity contribution in [2.75, 3.05) is 24.3 Å². The molecule has 0 fully saturated rings. The smallest absolute Gasteiger partial charge is 0.256 e. The minimum Gasteiger partial charge on any atom is -0.378 e. The number of hydrogen-bond acceptors (Lipinski definition) is 2. The average Bonchev–Trinajstić information content (AvgIpc) is 3.05. The number of fused-ring (bicyclic) bond motifs is 2. The van der Waals surface area contributed by atoms with E-state index in [9.17, 15) is 4.79 Å². The molecule has 4 rings (SSSR count). The van der Waals surface area contributed by atoms with Crippen LogP contribution in [0, 0.1) is 0 Å². The monoisotopic (exact) mass is 371 g/mol. The van der Waals surface area contributed by atoms with Gasteiger partial charge in [0.15, 0.2) is 0 Å². The van der Waals surface area contributed by atoms with Crippen molar-refractivity contribution in [1.29, 1.82) is 0 Å². The first kappa shape index (κ1) is 16.1. The van der Waals surface area contributed by atoms with Gasteiger partial charge < -0.3 is 15.2 Å². The van der Waals surface area contributed by atoms with Gasteiger partial charge in [-0.15, -0.1) is 0 Å². The minimum atomic E-state index is -0.183. The van der Waals surface area contributed by atoms with Crippen molar-refractivity contribution in [2.24, 2.45) is 0 Å². The molecule has 0 radical (unpaired) electrons. The first-order valence-electron chi connectivity index (χ1n) is 7.76. The number of halogens is 2.